The Labute approximate surface area is 127 Å². The molecule has 0 unspecified atom stereocenters. The number of hydrogen-bond acceptors (Lipinski definition) is 4. The van der Waals surface area contributed by atoms with E-state index in [0.29, 0.717) is 12.4 Å². The van der Waals surface area contributed by atoms with Crippen LogP contribution in [0.5, 0.6) is 0 Å². The number of ether oxygens (including phenoxy) is 1. The predicted octanol–water partition coefficient (Wildman–Crippen LogP) is 3.71. The SMILES string of the molecule is CNc1cc(COC)nc(-c2cc(C)c(Br)c(C)c2)n1. The molecule has 0 amide bonds. The third-order valence-electron chi connectivity index (χ3n) is 3.02. The Balaban J connectivity index is 2.53. The second-order valence-corrected chi connectivity index (χ2v) is 5.47. The quantitative estimate of drug-likeness (QED) is 0.925. The van der Waals surface area contributed by atoms with E-state index in [1.54, 1.807) is 7.11 Å². The van der Waals surface area contributed by atoms with Gasteiger partial charge in [-0.1, -0.05) is 15.9 Å². The molecule has 0 radical (unpaired) electrons. The van der Waals surface area contributed by atoms with Crippen molar-refractivity contribution in [2.45, 2.75) is 20.5 Å². The van der Waals surface area contributed by atoms with Gasteiger partial charge in [-0.25, -0.2) is 9.97 Å². The van der Waals surface area contributed by atoms with E-state index in [9.17, 15) is 0 Å². The molecule has 0 spiro atoms. The van der Waals surface area contributed by atoms with Crippen LogP contribution >= 0.6 is 15.9 Å². The highest BCUT2D eigenvalue weighted by atomic mass is 79.9. The normalized spacial score (nSPS) is 10.7. The van der Waals surface area contributed by atoms with Crippen LogP contribution in [0.15, 0.2) is 22.7 Å². The van der Waals surface area contributed by atoms with Gasteiger partial charge in [-0.15, -0.1) is 0 Å². The van der Waals surface area contributed by atoms with Crippen LogP contribution in [0.2, 0.25) is 0 Å². The summed E-state index contributed by atoms with van der Waals surface area (Å²) in [6.07, 6.45) is 0. The minimum Gasteiger partial charge on any atom is -0.378 e. The summed E-state index contributed by atoms with van der Waals surface area (Å²) in [7, 11) is 3.51. The zero-order chi connectivity index (χ0) is 14.7. The van der Waals surface area contributed by atoms with E-state index in [4.69, 9.17) is 4.74 Å². The molecule has 1 N–H and O–H groups in total. The summed E-state index contributed by atoms with van der Waals surface area (Å²) in [4.78, 5) is 9.09. The van der Waals surface area contributed by atoms with Crippen molar-refractivity contribution in [3.05, 3.63) is 39.5 Å². The van der Waals surface area contributed by atoms with Gasteiger partial charge < -0.3 is 10.1 Å². The van der Waals surface area contributed by atoms with Gasteiger partial charge >= 0.3 is 0 Å². The zero-order valence-corrected chi connectivity index (χ0v) is 13.7. The second kappa shape index (κ2) is 6.33. The van der Waals surface area contributed by atoms with Crippen molar-refractivity contribution in [2.24, 2.45) is 0 Å². The largest absolute Gasteiger partial charge is 0.378 e. The van der Waals surface area contributed by atoms with Crippen molar-refractivity contribution in [2.75, 3.05) is 19.5 Å². The zero-order valence-electron chi connectivity index (χ0n) is 12.1. The van der Waals surface area contributed by atoms with Crippen molar-refractivity contribution in [3.8, 4) is 11.4 Å². The Kier molecular flexibility index (Phi) is 4.73. The summed E-state index contributed by atoms with van der Waals surface area (Å²) < 4.78 is 6.29. The predicted molar refractivity (Wildman–Crippen MR) is 84.9 cm³/mol. The molecule has 0 atom stereocenters. The van der Waals surface area contributed by atoms with E-state index < -0.39 is 0 Å². The number of nitrogens with zero attached hydrogens (tertiary/aromatic N) is 2. The summed E-state index contributed by atoms with van der Waals surface area (Å²) >= 11 is 3.58. The molecule has 4 nitrogen and oxygen atoms in total. The van der Waals surface area contributed by atoms with Crippen molar-refractivity contribution < 1.29 is 4.74 Å². The molecule has 0 saturated carbocycles. The first-order valence-corrected chi connectivity index (χ1v) is 7.16. The molecule has 0 aliphatic heterocycles. The Hall–Kier alpha value is -1.46. The van der Waals surface area contributed by atoms with Gasteiger partial charge in [0.2, 0.25) is 0 Å². The Morgan fingerprint density at radius 3 is 2.35 bits per heavy atom. The maximum atomic E-state index is 5.16. The minimum atomic E-state index is 0.471. The molecule has 0 bridgehead atoms. The molecular weight excluding hydrogens is 318 g/mol. The second-order valence-electron chi connectivity index (χ2n) is 4.68. The van der Waals surface area contributed by atoms with Crippen LogP contribution < -0.4 is 5.32 Å². The van der Waals surface area contributed by atoms with Crippen LogP contribution in [0.4, 0.5) is 5.82 Å². The standard InChI is InChI=1S/C15H18BrN3O/c1-9-5-11(6-10(2)14(9)16)15-18-12(8-20-4)7-13(17-3)19-15/h5-7H,8H2,1-4H3,(H,17,18,19). The average molecular weight is 336 g/mol. The van der Waals surface area contributed by atoms with Crippen LogP contribution in [-0.2, 0) is 11.3 Å². The number of aryl methyl sites for hydroxylation is 2. The summed E-state index contributed by atoms with van der Waals surface area (Å²) in [6.45, 7) is 4.61. The molecule has 0 fully saturated rings. The molecular formula is C15H18BrN3O. The fourth-order valence-electron chi connectivity index (χ4n) is 2.05. The fraction of sp³-hybridized carbons (Fsp3) is 0.333. The van der Waals surface area contributed by atoms with Gasteiger partial charge in [0, 0.05) is 30.3 Å². The lowest BCUT2D eigenvalue weighted by Gasteiger charge is -2.10. The monoisotopic (exact) mass is 335 g/mol. The number of benzene rings is 1. The first-order valence-electron chi connectivity index (χ1n) is 6.37. The molecule has 1 aromatic carbocycles. The highest BCUT2D eigenvalue weighted by Crippen LogP contribution is 2.27. The lowest BCUT2D eigenvalue weighted by molar-refractivity contribution is 0.181. The summed E-state index contributed by atoms with van der Waals surface area (Å²) in [5, 5.41) is 3.06. The van der Waals surface area contributed by atoms with Gasteiger partial charge in [-0.2, -0.15) is 0 Å². The molecule has 2 aromatic rings. The smallest absolute Gasteiger partial charge is 0.161 e. The topological polar surface area (TPSA) is 47.0 Å². The van der Waals surface area contributed by atoms with Crippen LogP contribution in [0.1, 0.15) is 16.8 Å². The van der Waals surface area contributed by atoms with Crippen molar-refractivity contribution >= 4 is 21.7 Å². The Bertz CT molecular complexity index is 606. The molecule has 1 heterocycles. The average Bonchev–Trinajstić information content (AvgIpc) is 2.44. The maximum absolute atomic E-state index is 5.16. The van der Waals surface area contributed by atoms with Crippen molar-refractivity contribution in [1.82, 2.24) is 9.97 Å². The number of rotatable bonds is 4. The Morgan fingerprint density at radius 2 is 1.80 bits per heavy atom. The van der Waals surface area contributed by atoms with Gasteiger partial charge in [0.25, 0.3) is 0 Å². The van der Waals surface area contributed by atoms with E-state index in [1.807, 2.05) is 13.1 Å². The molecule has 1 aromatic heterocycles. The summed E-state index contributed by atoms with van der Waals surface area (Å²) in [5.41, 5.74) is 4.22. The van der Waals surface area contributed by atoms with E-state index in [-0.39, 0.29) is 0 Å². The van der Waals surface area contributed by atoms with E-state index in [2.05, 4.69) is 57.2 Å². The van der Waals surface area contributed by atoms with Crippen LogP contribution in [0.3, 0.4) is 0 Å². The van der Waals surface area contributed by atoms with Gasteiger partial charge in [0.15, 0.2) is 5.82 Å². The van der Waals surface area contributed by atoms with E-state index >= 15 is 0 Å². The first kappa shape index (κ1) is 14.9. The number of nitrogens with one attached hydrogen (secondary N) is 1. The first-order chi connectivity index (χ1) is 9.55. The Morgan fingerprint density at radius 1 is 1.15 bits per heavy atom. The van der Waals surface area contributed by atoms with Gasteiger partial charge in [-0.05, 0) is 37.1 Å². The molecule has 0 aliphatic carbocycles. The van der Waals surface area contributed by atoms with E-state index in [0.717, 1.165) is 21.5 Å². The number of methoxy groups -OCH3 is 1. The molecule has 5 heteroatoms. The van der Waals surface area contributed by atoms with E-state index in [1.165, 1.54) is 11.1 Å². The molecule has 106 valence electrons. The lowest BCUT2D eigenvalue weighted by Crippen LogP contribution is -2.02. The number of anilines is 1. The van der Waals surface area contributed by atoms with Gasteiger partial charge in [-0.3, -0.25) is 0 Å². The minimum absolute atomic E-state index is 0.471. The van der Waals surface area contributed by atoms with Crippen LogP contribution in [0, 0.1) is 13.8 Å². The number of hydrogen-bond donors (Lipinski definition) is 1. The number of aromatic nitrogens is 2. The fourth-order valence-corrected chi connectivity index (χ4v) is 2.28. The van der Waals surface area contributed by atoms with Crippen molar-refractivity contribution in [1.29, 1.82) is 0 Å². The van der Waals surface area contributed by atoms with Crippen LogP contribution in [0.25, 0.3) is 11.4 Å². The summed E-state index contributed by atoms with van der Waals surface area (Å²) in [5.74, 6) is 1.50. The van der Waals surface area contributed by atoms with Crippen molar-refractivity contribution in [3.63, 3.8) is 0 Å². The molecule has 0 aliphatic rings. The summed E-state index contributed by atoms with van der Waals surface area (Å²) in [6, 6.07) is 6.07. The maximum Gasteiger partial charge on any atom is 0.161 e. The highest BCUT2D eigenvalue weighted by molar-refractivity contribution is 9.10. The third kappa shape index (κ3) is 3.16. The van der Waals surface area contributed by atoms with Crippen LogP contribution in [-0.4, -0.2) is 24.1 Å². The highest BCUT2D eigenvalue weighted by Gasteiger charge is 2.09. The van der Waals surface area contributed by atoms with Gasteiger partial charge in [0.05, 0.1) is 12.3 Å². The van der Waals surface area contributed by atoms with Gasteiger partial charge in [0.1, 0.15) is 5.82 Å². The molecule has 20 heavy (non-hydrogen) atoms. The number of halogens is 1. The third-order valence-corrected chi connectivity index (χ3v) is 4.27. The molecule has 2 rings (SSSR count). The lowest BCUT2D eigenvalue weighted by atomic mass is 10.1. The molecule has 0 saturated heterocycles.